The van der Waals surface area contributed by atoms with Crippen LogP contribution in [0.4, 0.5) is 0 Å². The Balaban J connectivity index is 2.30. The van der Waals surface area contributed by atoms with Gasteiger partial charge in [-0.05, 0) is 24.6 Å². The Morgan fingerprint density at radius 2 is 1.70 bits per heavy atom. The molecular weight excluding hydrogens is 314 g/mol. The number of sulfone groups is 1. The summed E-state index contributed by atoms with van der Waals surface area (Å²) in [6.45, 7) is 1.60. The fourth-order valence-electron chi connectivity index (χ4n) is 2.13. The molecule has 5 nitrogen and oxygen atoms in total. The number of carbonyl (C=O) groups is 1. The normalized spacial score (nSPS) is 12.6. The third-order valence-corrected chi connectivity index (χ3v) is 4.96. The number of aliphatic hydroxyl groups excluding tert-OH is 1. The molecule has 0 spiro atoms. The Bertz CT molecular complexity index is 770. The minimum absolute atomic E-state index is 0.00746. The van der Waals surface area contributed by atoms with Crippen LogP contribution in [-0.4, -0.2) is 32.1 Å². The van der Waals surface area contributed by atoms with Gasteiger partial charge in [-0.1, -0.05) is 42.5 Å². The van der Waals surface area contributed by atoms with E-state index in [0.29, 0.717) is 5.56 Å². The first-order chi connectivity index (χ1) is 10.9. The van der Waals surface area contributed by atoms with Crippen LogP contribution in [0.15, 0.2) is 59.5 Å². The minimum atomic E-state index is -3.65. The second kappa shape index (κ2) is 7.39. The van der Waals surface area contributed by atoms with Gasteiger partial charge in [0.05, 0.1) is 22.3 Å². The maximum absolute atomic E-state index is 12.6. The monoisotopic (exact) mass is 333 g/mol. The quantitative estimate of drug-likeness (QED) is 0.844. The Morgan fingerprint density at radius 1 is 1.09 bits per heavy atom. The van der Waals surface area contributed by atoms with Gasteiger partial charge in [0.2, 0.25) is 0 Å². The van der Waals surface area contributed by atoms with Crippen LogP contribution in [0.1, 0.15) is 22.8 Å². The predicted octanol–water partition coefficient (Wildman–Crippen LogP) is 1.77. The van der Waals surface area contributed by atoms with Gasteiger partial charge in [-0.15, -0.1) is 0 Å². The number of nitrogens with one attached hydrogen (secondary N) is 1. The minimum Gasteiger partial charge on any atom is -0.392 e. The summed E-state index contributed by atoms with van der Waals surface area (Å²) in [5, 5.41) is 11.8. The van der Waals surface area contributed by atoms with E-state index in [2.05, 4.69) is 5.32 Å². The van der Waals surface area contributed by atoms with Gasteiger partial charge < -0.3 is 10.4 Å². The summed E-state index contributed by atoms with van der Waals surface area (Å²) in [5.41, 5.74) is 0.746. The number of amides is 1. The molecule has 2 rings (SSSR count). The Labute approximate surface area is 135 Å². The van der Waals surface area contributed by atoms with Crippen molar-refractivity contribution < 1.29 is 18.3 Å². The molecule has 2 aromatic carbocycles. The molecule has 0 aromatic heterocycles. The third kappa shape index (κ3) is 4.64. The third-order valence-electron chi connectivity index (χ3n) is 3.22. The van der Waals surface area contributed by atoms with Gasteiger partial charge in [-0.2, -0.15) is 0 Å². The van der Waals surface area contributed by atoms with Crippen LogP contribution in [0, 0.1) is 0 Å². The molecule has 2 N–H and O–H groups in total. The molecule has 2 aromatic rings. The highest BCUT2D eigenvalue weighted by molar-refractivity contribution is 7.90. The van der Waals surface area contributed by atoms with E-state index in [0.717, 1.165) is 0 Å². The molecule has 0 aliphatic heterocycles. The first kappa shape index (κ1) is 17.2. The average Bonchev–Trinajstić information content (AvgIpc) is 2.53. The maximum atomic E-state index is 12.6. The zero-order chi connectivity index (χ0) is 16.9. The van der Waals surface area contributed by atoms with Crippen LogP contribution in [-0.2, 0) is 15.6 Å². The maximum Gasteiger partial charge on any atom is 0.252 e. The lowest BCUT2D eigenvalue weighted by atomic mass is 10.2. The van der Waals surface area contributed by atoms with Crippen LogP contribution >= 0.6 is 0 Å². The van der Waals surface area contributed by atoms with Crippen molar-refractivity contribution in [1.82, 2.24) is 5.32 Å². The summed E-state index contributed by atoms with van der Waals surface area (Å²) in [7, 11) is -3.65. The van der Waals surface area contributed by atoms with E-state index >= 15 is 0 Å². The van der Waals surface area contributed by atoms with E-state index in [-0.39, 0.29) is 22.8 Å². The van der Waals surface area contributed by atoms with Crippen molar-refractivity contribution in [1.29, 1.82) is 0 Å². The molecule has 0 unspecified atom stereocenters. The van der Waals surface area contributed by atoms with Gasteiger partial charge in [0.1, 0.15) is 0 Å². The largest absolute Gasteiger partial charge is 0.392 e. The molecular formula is C17H19NO4S. The van der Waals surface area contributed by atoms with Crippen molar-refractivity contribution in [3.05, 3.63) is 65.7 Å². The van der Waals surface area contributed by atoms with Crippen molar-refractivity contribution >= 4 is 15.7 Å². The Kier molecular flexibility index (Phi) is 5.52. The van der Waals surface area contributed by atoms with E-state index in [9.17, 15) is 18.3 Å². The smallest absolute Gasteiger partial charge is 0.252 e. The summed E-state index contributed by atoms with van der Waals surface area (Å²) in [4.78, 5) is 12.2. The van der Waals surface area contributed by atoms with Gasteiger partial charge in [0, 0.05) is 6.54 Å². The first-order valence-electron chi connectivity index (χ1n) is 7.22. The molecule has 122 valence electrons. The first-order valence-corrected chi connectivity index (χ1v) is 8.87. The van der Waals surface area contributed by atoms with Crippen molar-refractivity contribution in [3.63, 3.8) is 0 Å². The number of carbonyl (C=O) groups excluding carboxylic acids is 1. The zero-order valence-electron chi connectivity index (χ0n) is 12.8. The van der Waals surface area contributed by atoms with Crippen LogP contribution in [0.25, 0.3) is 0 Å². The van der Waals surface area contributed by atoms with Gasteiger partial charge in [0.15, 0.2) is 9.84 Å². The molecule has 0 fully saturated rings. The number of rotatable bonds is 6. The Morgan fingerprint density at radius 3 is 2.35 bits per heavy atom. The molecule has 0 aliphatic carbocycles. The highest BCUT2D eigenvalue weighted by Gasteiger charge is 2.22. The van der Waals surface area contributed by atoms with Crippen LogP contribution < -0.4 is 5.32 Å². The van der Waals surface area contributed by atoms with Gasteiger partial charge >= 0.3 is 0 Å². The lowest BCUT2D eigenvalue weighted by Crippen LogP contribution is -2.31. The molecule has 23 heavy (non-hydrogen) atoms. The standard InChI is InChI=1S/C17H19NO4S/c1-13(19)11-18-17(20)15-9-5-6-10-16(15)23(21,22)12-14-7-3-2-4-8-14/h2-10,13,19H,11-12H2,1H3,(H,18,20)/t13-/m0/s1. The molecule has 0 saturated heterocycles. The van der Waals surface area contributed by atoms with Gasteiger partial charge in [-0.25, -0.2) is 8.42 Å². The number of benzene rings is 2. The number of hydrogen-bond donors (Lipinski definition) is 2. The summed E-state index contributed by atoms with van der Waals surface area (Å²) in [6, 6.07) is 14.9. The molecule has 0 saturated carbocycles. The second-order valence-corrected chi connectivity index (χ2v) is 7.26. The van der Waals surface area contributed by atoms with E-state index in [4.69, 9.17) is 0 Å². The summed E-state index contributed by atoms with van der Waals surface area (Å²) in [6.07, 6.45) is -0.702. The van der Waals surface area contributed by atoms with Crippen LogP contribution in [0.2, 0.25) is 0 Å². The van der Waals surface area contributed by atoms with E-state index in [1.807, 2.05) is 6.07 Å². The fourth-order valence-corrected chi connectivity index (χ4v) is 3.70. The summed E-state index contributed by atoms with van der Waals surface area (Å²) in [5.74, 6) is -0.688. The van der Waals surface area contributed by atoms with Crippen molar-refractivity contribution in [2.24, 2.45) is 0 Å². The highest BCUT2D eigenvalue weighted by atomic mass is 32.2. The second-order valence-electron chi connectivity index (χ2n) is 5.30. The van der Waals surface area contributed by atoms with Crippen molar-refractivity contribution in [2.45, 2.75) is 23.7 Å². The Hall–Kier alpha value is -2.18. The zero-order valence-corrected chi connectivity index (χ0v) is 13.6. The fraction of sp³-hybridized carbons (Fsp3) is 0.235. The SMILES string of the molecule is C[C@H](O)CNC(=O)c1ccccc1S(=O)(=O)Cc1ccccc1. The van der Waals surface area contributed by atoms with Crippen molar-refractivity contribution in [2.75, 3.05) is 6.54 Å². The highest BCUT2D eigenvalue weighted by Crippen LogP contribution is 2.20. The average molecular weight is 333 g/mol. The van der Waals surface area contributed by atoms with Crippen LogP contribution in [0.3, 0.4) is 0 Å². The molecule has 0 radical (unpaired) electrons. The van der Waals surface area contributed by atoms with E-state index < -0.39 is 21.8 Å². The predicted molar refractivity (Wildman–Crippen MR) is 87.8 cm³/mol. The van der Waals surface area contributed by atoms with Gasteiger partial charge in [0.25, 0.3) is 5.91 Å². The molecule has 1 amide bonds. The molecule has 0 heterocycles. The topological polar surface area (TPSA) is 83.5 Å². The molecule has 0 aliphatic rings. The summed E-state index contributed by atoms with van der Waals surface area (Å²) < 4.78 is 25.3. The number of aliphatic hydroxyl groups is 1. The van der Waals surface area contributed by atoms with Crippen molar-refractivity contribution in [3.8, 4) is 0 Å². The summed E-state index contributed by atoms with van der Waals surface area (Å²) >= 11 is 0. The molecule has 6 heteroatoms. The van der Waals surface area contributed by atoms with E-state index in [1.165, 1.54) is 12.1 Å². The van der Waals surface area contributed by atoms with Crippen LogP contribution in [0.5, 0.6) is 0 Å². The lowest BCUT2D eigenvalue weighted by molar-refractivity contribution is 0.0920. The van der Waals surface area contributed by atoms with E-state index in [1.54, 1.807) is 43.3 Å². The lowest BCUT2D eigenvalue weighted by Gasteiger charge is -2.12. The number of hydrogen-bond acceptors (Lipinski definition) is 4. The molecule has 1 atom stereocenters. The molecule has 0 bridgehead atoms. The van der Waals surface area contributed by atoms with Gasteiger partial charge in [-0.3, -0.25) is 4.79 Å².